The molecule has 0 atom stereocenters. The van der Waals surface area contributed by atoms with Gasteiger partial charge in [0.1, 0.15) is 0 Å². The van der Waals surface area contributed by atoms with Gasteiger partial charge in [-0.05, 0) is 0 Å². The van der Waals surface area contributed by atoms with Crippen molar-refractivity contribution in [3.63, 3.8) is 0 Å². The molecule has 1 aromatic carbocycles. The van der Waals surface area contributed by atoms with E-state index in [-0.39, 0.29) is 31.8 Å². The number of nitrogens with zero attached hydrogens (tertiary/aromatic N) is 1. The number of rotatable bonds is 2. The number of ketones is 2. The van der Waals surface area contributed by atoms with Crippen LogP contribution in [0, 0.1) is 6.92 Å². The summed E-state index contributed by atoms with van der Waals surface area (Å²) in [5.74, 6) is -0.357. The quantitative estimate of drug-likeness (QED) is 0.845. The van der Waals surface area contributed by atoms with E-state index in [0.717, 1.165) is 4.57 Å². The first-order valence-electron chi connectivity index (χ1n) is 5.85. The number of fused-ring (bicyclic) bond motifs is 1. The molecule has 0 unspecified atom stereocenters. The maximum atomic E-state index is 12.3. The normalized spacial score (nSPS) is 14.0. The zero-order chi connectivity index (χ0) is 14.3. The summed E-state index contributed by atoms with van der Waals surface area (Å²) in [5.41, 5.74) is 1.26. The zero-order valence-corrected chi connectivity index (χ0v) is 12.9. The Morgan fingerprint density at radius 2 is 1.90 bits per heavy atom. The minimum absolute atomic E-state index is 0.121. The molecule has 1 heterocycles. The molecule has 0 spiro atoms. The molecule has 20 heavy (non-hydrogen) atoms. The van der Waals surface area contributed by atoms with Crippen LogP contribution < -0.4 is 5.32 Å². The standard InChI is InChI=1S/C14H9ClN2O2Se/c1-7-16-12-13(19)10(6-11(18)14(12)20-7)17-9-4-2-8(15)3-5-9/h2-6,17H,1H3. The molecule has 0 bridgehead atoms. The Hall–Kier alpha value is -1.68. The van der Waals surface area contributed by atoms with Gasteiger partial charge in [-0.25, -0.2) is 0 Å². The molecule has 1 aliphatic rings. The van der Waals surface area contributed by atoms with Crippen LogP contribution in [0.3, 0.4) is 0 Å². The topological polar surface area (TPSA) is 59.1 Å². The number of hydrogen-bond donors (Lipinski definition) is 1. The summed E-state index contributed by atoms with van der Waals surface area (Å²) >= 11 is 5.69. The Bertz CT molecular complexity index is 747. The number of aryl methyl sites for hydroxylation is 1. The van der Waals surface area contributed by atoms with E-state index in [2.05, 4.69) is 10.3 Å². The molecule has 1 aromatic heterocycles. The molecule has 1 N–H and O–H groups in total. The third-order valence-corrected chi connectivity index (χ3v) is 5.14. The van der Waals surface area contributed by atoms with Crippen molar-refractivity contribution in [1.82, 2.24) is 4.98 Å². The predicted octanol–water partition coefficient (Wildman–Crippen LogP) is 2.48. The molecule has 4 nitrogen and oxygen atoms in total. The van der Waals surface area contributed by atoms with Crippen molar-refractivity contribution in [2.75, 3.05) is 5.32 Å². The summed E-state index contributed by atoms with van der Waals surface area (Å²) < 4.78 is 1.41. The van der Waals surface area contributed by atoms with Crippen molar-refractivity contribution in [3.05, 3.63) is 55.8 Å². The number of benzene rings is 1. The van der Waals surface area contributed by atoms with Crippen LogP contribution in [-0.4, -0.2) is 31.1 Å². The monoisotopic (exact) mass is 352 g/mol. The van der Waals surface area contributed by atoms with Crippen LogP contribution >= 0.6 is 11.6 Å². The summed E-state index contributed by atoms with van der Waals surface area (Å²) in [6.45, 7) is 1.84. The van der Waals surface area contributed by atoms with Gasteiger partial charge in [-0.2, -0.15) is 0 Å². The van der Waals surface area contributed by atoms with Crippen molar-refractivity contribution in [3.8, 4) is 0 Å². The van der Waals surface area contributed by atoms with Gasteiger partial charge in [0.05, 0.1) is 0 Å². The van der Waals surface area contributed by atoms with Crippen LogP contribution in [0.15, 0.2) is 36.0 Å². The SMILES string of the molecule is Cc1nc2c([se]1)C(=O)C=C(Nc1ccc(Cl)cc1)C2=O. The molecule has 3 rings (SSSR count). The summed E-state index contributed by atoms with van der Waals surface area (Å²) in [6.07, 6.45) is 1.35. The molecular formula is C14H9ClN2O2Se. The Kier molecular flexibility index (Phi) is 3.34. The molecule has 0 fully saturated rings. The van der Waals surface area contributed by atoms with E-state index in [9.17, 15) is 9.59 Å². The third kappa shape index (κ3) is 2.36. The summed E-state index contributed by atoms with van der Waals surface area (Å²) in [6, 6.07) is 6.92. The molecule has 6 heteroatoms. The van der Waals surface area contributed by atoms with Crippen molar-refractivity contribution in [2.24, 2.45) is 0 Å². The second kappa shape index (κ2) is 5.02. The third-order valence-electron chi connectivity index (χ3n) is 2.82. The van der Waals surface area contributed by atoms with E-state index in [1.165, 1.54) is 6.08 Å². The average molecular weight is 352 g/mol. The second-order valence-electron chi connectivity index (χ2n) is 4.29. The first-order chi connectivity index (χ1) is 9.54. The van der Waals surface area contributed by atoms with Gasteiger partial charge in [0.15, 0.2) is 0 Å². The predicted molar refractivity (Wildman–Crippen MR) is 77.7 cm³/mol. The van der Waals surface area contributed by atoms with Crippen LogP contribution in [0.4, 0.5) is 5.69 Å². The van der Waals surface area contributed by atoms with E-state index < -0.39 is 0 Å². The molecule has 0 saturated heterocycles. The molecule has 0 saturated carbocycles. The number of aromatic nitrogens is 1. The average Bonchev–Trinajstić information content (AvgIpc) is 2.81. The van der Waals surface area contributed by atoms with Gasteiger partial charge in [0.2, 0.25) is 0 Å². The van der Waals surface area contributed by atoms with Crippen molar-refractivity contribution in [2.45, 2.75) is 6.92 Å². The van der Waals surface area contributed by atoms with E-state index in [0.29, 0.717) is 20.8 Å². The summed E-state index contributed by atoms with van der Waals surface area (Å²) in [4.78, 5) is 28.5. The van der Waals surface area contributed by atoms with Crippen molar-refractivity contribution < 1.29 is 9.59 Å². The number of halogens is 1. The molecule has 0 aliphatic heterocycles. The van der Waals surface area contributed by atoms with E-state index in [1.54, 1.807) is 24.3 Å². The van der Waals surface area contributed by atoms with Gasteiger partial charge in [0, 0.05) is 0 Å². The van der Waals surface area contributed by atoms with E-state index >= 15 is 0 Å². The molecular weight excluding hydrogens is 343 g/mol. The van der Waals surface area contributed by atoms with E-state index in [1.807, 2.05) is 6.92 Å². The summed E-state index contributed by atoms with van der Waals surface area (Å²) in [5, 5.41) is 3.56. The fourth-order valence-electron chi connectivity index (χ4n) is 1.92. The number of nitrogens with one attached hydrogen (secondary N) is 1. The Labute approximate surface area is 126 Å². The molecule has 100 valence electrons. The van der Waals surface area contributed by atoms with Crippen LogP contribution in [-0.2, 0) is 0 Å². The fraction of sp³-hybridized carbons (Fsp3) is 0.0714. The van der Waals surface area contributed by atoms with Gasteiger partial charge in [-0.1, -0.05) is 0 Å². The van der Waals surface area contributed by atoms with Crippen molar-refractivity contribution >= 4 is 43.4 Å². The van der Waals surface area contributed by atoms with Crippen LogP contribution in [0.5, 0.6) is 0 Å². The Balaban J connectivity index is 1.93. The zero-order valence-electron chi connectivity index (χ0n) is 10.4. The van der Waals surface area contributed by atoms with Gasteiger partial charge in [0.25, 0.3) is 0 Å². The Morgan fingerprint density at radius 1 is 1.20 bits per heavy atom. The van der Waals surface area contributed by atoms with Crippen LogP contribution in [0.1, 0.15) is 24.3 Å². The van der Waals surface area contributed by atoms with Gasteiger partial charge in [-0.3, -0.25) is 0 Å². The van der Waals surface area contributed by atoms with E-state index in [4.69, 9.17) is 11.6 Å². The second-order valence-corrected chi connectivity index (χ2v) is 7.25. The fourth-order valence-corrected chi connectivity index (χ4v) is 3.78. The number of Topliss-reactive ketones (excluding diaryl/α,β-unsaturated/α-hetero) is 1. The molecule has 0 radical (unpaired) electrons. The van der Waals surface area contributed by atoms with Gasteiger partial charge < -0.3 is 0 Å². The first-order valence-corrected chi connectivity index (χ1v) is 7.94. The maximum absolute atomic E-state index is 12.3. The van der Waals surface area contributed by atoms with Crippen LogP contribution in [0.2, 0.25) is 5.02 Å². The van der Waals surface area contributed by atoms with Gasteiger partial charge in [-0.15, -0.1) is 0 Å². The molecule has 1 aliphatic carbocycles. The Morgan fingerprint density at radius 3 is 2.60 bits per heavy atom. The number of allylic oxidation sites excluding steroid dienone is 2. The van der Waals surface area contributed by atoms with Crippen molar-refractivity contribution in [1.29, 1.82) is 0 Å². The van der Waals surface area contributed by atoms with Gasteiger partial charge >= 0.3 is 126 Å². The summed E-state index contributed by atoms with van der Waals surface area (Å²) in [7, 11) is 0. The number of carbonyl (C=O) groups excluding carboxylic acids is 2. The number of anilines is 1. The molecule has 0 amide bonds. The number of carbonyl (C=O) groups is 2. The molecule has 2 aromatic rings. The number of hydrogen-bond acceptors (Lipinski definition) is 4. The first kappa shape index (κ1) is 13.3. The van der Waals surface area contributed by atoms with Crippen LogP contribution in [0.25, 0.3) is 0 Å². The minimum atomic E-state index is -0.228.